The van der Waals surface area contributed by atoms with E-state index in [4.69, 9.17) is 0 Å². The van der Waals surface area contributed by atoms with Crippen LogP contribution >= 0.6 is 0 Å². The monoisotopic (exact) mass is 288 g/mol. The Hall–Kier alpha value is -2.83. The number of benzene rings is 1. The molecule has 0 aliphatic carbocycles. The van der Waals surface area contributed by atoms with Crippen molar-refractivity contribution in [2.45, 2.75) is 6.54 Å². The van der Waals surface area contributed by atoms with E-state index in [2.05, 4.69) is 10.3 Å². The van der Waals surface area contributed by atoms with Crippen molar-refractivity contribution in [2.24, 2.45) is 7.05 Å². The predicted molar refractivity (Wildman–Crippen MR) is 80.5 cm³/mol. The van der Waals surface area contributed by atoms with Crippen LogP contribution in [0.25, 0.3) is 0 Å². The number of amides is 1. The Bertz CT molecular complexity index is 749. The van der Waals surface area contributed by atoms with Crippen LogP contribution < -0.4 is 21.5 Å². The number of nitrogens with zero attached hydrogens (tertiary/aromatic N) is 2. The van der Waals surface area contributed by atoms with E-state index in [9.17, 15) is 14.4 Å². The Morgan fingerprint density at radius 2 is 1.95 bits per heavy atom. The zero-order chi connectivity index (χ0) is 15.4. The molecule has 2 rings (SSSR count). The van der Waals surface area contributed by atoms with Gasteiger partial charge in [-0.1, -0.05) is 30.3 Å². The van der Waals surface area contributed by atoms with E-state index in [1.165, 1.54) is 14.1 Å². The number of aromatic amines is 1. The molecular weight excluding hydrogens is 272 g/mol. The summed E-state index contributed by atoms with van der Waals surface area (Å²) in [5, 5.41) is 2.98. The summed E-state index contributed by atoms with van der Waals surface area (Å²) in [6, 6.07) is 9.50. The van der Waals surface area contributed by atoms with Gasteiger partial charge in [0.05, 0.1) is 0 Å². The topological polar surface area (TPSA) is 87.2 Å². The number of rotatable bonds is 5. The summed E-state index contributed by atoms with van der Waals surface area (Å²) in [5.41, 5.74) is 0.00397. The van der Waals surface area contributed by atoms with Crippen molar-refractivity contribution in [2.75, 3.05) is 17.3 Å². The lowest BCUT2D eigenvalue weighted by Crippen LogP contribution is -2.38. The van der Waals surface area contributed by atoms with Gasteiger partial charge in [-0.3, -0.25) is 19.1 Å². The van der Waals surface area contributed by atoms with Gasteiger partial charge >= 0.3 is 5.69 Å². The van der Waals surface area contributed by atoms with Crippen molar-refractivity contribution < 1.29 is 4.79 Å². The van der Waals surface area contributed by atoms with E-state index in [1.54, 1.807) is 0 Å². The van der Waals surface area contributed by atoms with Crippen LogP contribution in [0, 0.1) is 0 Å². The minimum Gasteiger partial charge on any atom is -0.366 e. The molecule has 1 aromatic carbocycles. The first kappa shape index (κ1) is 14.6. The molecule has 0 aliphatic rings. The van der Waals surface area contributed by atoms with E-state index in [0.717, 1.165) is 15.0 Å². The van der Waals surface area contributed by atoms with Crippen LogP contribution in [-0.2, 0) is 18.4 Å². The number of nitrogens with one attached hydrogen (secondary N) is 2. The summed E-state index contributed by atoms with van der Waals surface area (Å²) in [6.07, 6.45) is 0.517. The maximum atomic E-state index is 12.1. The molecule has 0 saturated heterocycles. The third-order valence-corrected chi connectivity index (χ3v) is 3.10. The fourth-order valence-corrected chi connectivity index (χ4v) is 1.90. The standard InChI is InChI=1S/C14H16N4O3/c1-17(9-19)11-12(16-14(21)18(2)13(11)20)15-8-10-6-4-3-5-7-10/h3-7,9,15H,8H2,1-2H3,(H,16,21). The Morgan fingerprint density at radius 1 is 1.29 bits per heavy atom. The smallest absolute Gasteiger partial charge is 0.329 e. The minimum absolute atomic E-state index is 0.100. The molecule has 1 aromatic heterocycles. The van der Waals surface area contributed by atoms with Gasteiger partial charge in [-0.15, -0.1) is 0 Å². The van der Waals surface area contributed by atoms with Crippen LogP contribution in [0.4, 0.5) is 11.5 Å². The predicted octanol–water partition coefficient (Wildman–Crippen LogP) is 0.278. The SMILES string of the molecule is CN(C=O)c1c(NCc2ccccc2)[nH]c(=O)n(C)c1=O. The molecule has 0 saturated carbocycles. The van der Waals surface area contributed by atoms with Crippen molar-refractivity contribution in [1.82, 2.24) is 9.55 Å². The summed E-state index contributed by atoms with van der Waals surface area (Å²) < 4.78 is 0.920. The van der Waals surface area contributed by atoms with Crippen molar-refractivity contribution >= 4 is 17.9 Å². The average Bonchev–Trinajstić information content (AvgIpc) is 2.51. The molecule has 0 aliphatic heterocycles. The minimum atomic E-state index is -0.543. The number of hydrogen-bond donors (Lipinski definition) is 2. The van der Waals surface area contributed by atoms with E-state index in [1.807, 2.05) is 30.3 Å². The lowest BCUT2D eigenvalue weighted by molar-refractivity contribution is -0.107. The number of hydrogen-bond acceptors (Lipinski definition) is 4. The highest BCUT2D eigenvalue weighted by molar-refractivity contribution is 5.80. The quantitative estimate of drug-likeness (QED) is 0.774. The lowest BCUT2D eigenvalue weighted by atomic mass is 10.2. The van der Waals surface area contributed by atoms with Crippen molar-refractivity contribution in [3.8, 4) is 0 Å². The van der Waals surface area contributed by atoms with Crippen LogP contribution in [0.3, 0.4) is 0 Å². The Morgan fingerprint density at radius 3 is 2.57 bits per heavy atom. The number of carbonyl (C=O) groups excluding carboxylic acids is 1. The molecule has 7 heteroatoms. The van der Waals surface area contributed by atoms with Gasteiger partial charge < -0.3 is 10.2 Å². The first-order valence-electron chi connectivity index (χ1n) is 6.34. The summed E-state index contributed by atoms with van der Waals surface area (Å²) in [6.45, 7) is 0.420. The van der Waals surface area contributed by atoms with Gasteiger partial charge in [-0.05, 0) is 5.56 Å². The highest BCUT2D eigenvalue weighted by atomic mass is 16.2. The molecule has 7 nitrogen and oxygen atoms in total. The highest BCUT2D eigenvalue weighted by Gasteiger charge is 2.15. The first-order valence-corrected chi connectivity index (χ1v) is 6.34. The maximum Gasteiger partial charge on any atom is 0.329 e. The second kappa shape index (κ2) is 6.08. The van der Waals surface area contributed by atoms with Crippen LogP contribution in [0.5, 0.6) is 0 Å². The number of aromatic nitrogens is 2. The zero-order valence-electron chi connectivity index (χ0n) is 11.8. The van der Waals surface area contributed by atoms with Crippen molar-refractivity contribution in [3.05, 3.63) is 56.7 Å². The fourth-order valence-electron chi connectivity index (χ4n) is 1.90. The molecule has 0 fully saturated rings. The van der Waals surface area contributed by atoms with E-state index >= 15 is 0 Å². The molecule has 1 heterocycles. The molecule has 0 bridgehead atoms. The van der Waals surface area contributed by atoms with Crippen LogP contribution in [0.1, 0.15) is 5.56 Å². The van der Waals surface area contributed by atoms with Crippen LogP contribution in [-0.4, -0.2) is 23.0 Å². The van der Waals surface area contributed by atoms with E-state index in [-0.39, 0.29) is 11.5 Å². The van der Waals surface area contributed by atoms with E-state index in [0.29, 0.717) is 13.0 Å². The summed E-state index contributed by atoms with van der Waals surface area (Å²) >= 11 is 0. The molecule has 0 atom stereocenters. The first-order chi connectivity index (χ1) is 10.0. The molecule has 110 valence electrons. The normalized spacial score (nSPS) is 10.2. The third-order valence-electron chi connectivity index (χ3n) is 3.10. The zero-order valence-corrected chi connectivity index (χ0v) is 11.8. The molecule has 0 unspecified atom stereocenters. The Balaban J connectivity index is 2.40. The highest BCUT2D eigenvalue weighted by Crippen LogP contribution is 2.15. The van der Waals surface area contributed by atoms with Gasteiger partial charge in [0.15, 0.2) is 5.69 Å². The van der Waals surface area contributed by atoms with Gasteiger partial charge in [-0.2, -0.15) is 0 Å². The summed E-state index contributed by atoms with van der Waals surface area (Å²) in [4.78, 5) is 38.5. The number of carbonyl (C=O) groups is 1. The summed E-state index contributed by atoms with van der Waals surface area (Å²) in [5.74, 6) is 0.224. The van der Waals surface area contributed by atoms with Crippen LogP contribution in [0.2, 0.25) is 0 Å². The number of anilines is 2. The average molecular weight is 288 g/mol. The van der Waals surface area contributed by atoms with Gasteiger partial charge in [-0.25, -0.2) is 4.79 Å². The molecule has 2 N–H and O–H groups in total. The Kier molecular flexibility index (Phi) is 4.22. The lowest BCUT2D eigenvalue weighted by Gasteiger charge is -2.16. The largest absolute Gasteiger partial charge is 0.366 e. The van der Waals surface area contributed by atoms with Crippen molar-refractivity contribution in [1.29, 1.82) is 0 Å². The fraction of sp³-hybridized carbons (Fsp3) is 0.214. The third kappa shape index (κ3) is 3.02. The molecule has 0 radical (unpaired) electrons. The maximum absolute atomic E-state index is 12.1. The van der Waals surface area contributed by atoms with Gasteiger partial charge in [0.2, 0.25) is 6.41 Å². The van der Waals surface area contributed by atoms with Gasteiger partial charge in [0.1, 0.15) is 5.82 Å². The number of H-pyrrole nitrogens is 1. The molecule has 21 heavy (non-hydrogen) atoms. The molecule has 1 amide bonds. The molecular formula is C14H16N4O3. The van der Waals surface area contributed by atoms with Gasteiger partial charge in [0, 0.05) is 20.6 Å². The van der Waals surface area contributed by atoms with E-state index < -0.39 is 11.2 Å². The molecule has 2 aromatic rings. The van der Waals surface area contributed by atoms with Crippen molar-refractivity contribution in [3.63, 3.8) is 0 Å². The van der Waals surface area contributed by atoms with Crippen LogP contribution in [0.15, 0.2) is 39.9 Å². The molecule has 0 spiro atoms. The van der Waals surface area contributed by atoms with Gasteiger partial charge in [0.25, 0.3) is 5.56 Å². The Labute approximate surface area is 120 Å². The summed E-state index contributed by atoms with van der Waals surface area (Å²) in [7, 11) is 2.81. The second-order valence-electron chi connectivity index (χ2n) is 4.57. The second-order valence-corrected chi connectivity index (χ2v) is 4.57.